The quantitative estimate of drug-likeness (QED) is 0.641. The van der Waals surface area contributed by atoms with Crippen LogP contribution in [0.25, 0.3) is 0 Å². The van der Waals surface area contributed by atoms with Crippen LogP contribution in [0, 0.1) is 16.0 Å². The summed E-state index contributed by atoms with van der Waals surface area (Å²) in [4.78, 5) is 10.7. The van der Waals surface area contributed by atoms with Gasteiger partial charge in [-0.25, -0.2) is 0 Å². The van der Waals surface area contributed by atoms with Gasteiger partial charge < -0.3 is 5.32 Å². The predicted molar refractivity (Wildman–Crippen MR) is 71.5 cm³/mol. The van der Waals surface area contributed by atoms with Crippen LogP contribution in [0.2, 0.25) is 0 Å². The van der Waals surface area contributed by atoms with Crippen molar-refractivity contribution in [3.8, 4) is 0 Å². The molecule has 1 aliphatic rings. The third kappa shape index (κ3) is 2.70. The molecule has 4 heteroatoms. The first kappa shape index (κ1) is 13.0. The molecule has 1 aromatic rings. The Bertz CT molecular complexity index is 430. The van der Waals surface area contributed by atoms with E-state index in [2.05, 4.69) is 12.2 Å². The number of hydrogen-bond donors (Lipinski definition) is 1. The van der Waals surface area contributed by atoms with Gasteiger partial charge in [0.1, 0.15) is 0 Å². The van der Waals surface area contributed by atoms with Gasteiger partial charge in [-0.3, -0.25) is 10.1 Å². The van der Waals surface area contributed by atoms with E-state index in [1.807, 2.05) is 19.1 Å². The maximum absolute atomic E-state index is 11.0. The Morgan fingerprint density at radius 2 is 2.00 bits per heavy atom. The Kier molecular flexibility index (Phi) is 3.97. The number of para-hydroxylation sites is 1. The van der Waals surface area contributed by atoms with Crippen molar-refractivity contribution in [3.63, 3.8) is 0 Å². The molecule has 0 amide bonds. The summed E-state index contributed by atoms with van der Waals surface area (Å²) in [6, 6.07) is 7.42. The second-order valence-electron chi connectivity index (χ2n) is 5.18. The Morgan fingerprint density at radius 3 is 2.56 bits per heavy atom. The Balaban J connectivity index is 2.07. The summed E-state index contributed by atoms with van der Waals surface area (Å²) in [5, 5.41) is 14.5. The van der Waals surface area contributed by atoms with E-state index in [4.69, 9.17) is 0 Å². The highest BCUT2D eigenvalue weighted by Crippen LogP contribution is 2.31. The molecule has 1 N–H and O–H groups in total. The number of nitro benzene ring substituents is 1. The fourth-order valence-electron chi connectivity index (χ4n) is 2.58. The van der Waals surface area contributed by atoms with Gasteiger partial charge in [-0.2, -0.15) is 0 Å². The summed E-state index contributed by atoms with van der Waals surface area (Å²) in [5.74, 6) is 0.732. The lowest BCUT2D eigenvalue weighted by Crippen LogP contribution is -2.38. The molecule has 0 saturated heterocycles. The number of benzene rings is 1. The summed E-state index contributed by atoms with van der Waals surface area (Å²) >= 11 is 0. The highest BCUT2D eigenvalue weighted by Gasteiger charge is 2.26. The molecule has 0 bridgehead atoms. The highest BCUT2D eigenvalue weighted by atomic mass is 16.6. The standard InChI is InChI=1S/C14H20N2O2/c1-10(12-6-5-7-12)15-11(2)13-8-3-4-9-14(13)16(17)18/h3-4,8-12,15H,5-7H2,1-2H3. The second-order valence-corrected chi connectivity index (χ2v) is 5.18. The lowest BCUT2D eigenvalue weighted by atomic mass is 9.80. The lowest BCUT2D eigenvalue weighted by Gasteiger charge is -2.33. The van der Waals surface area contributed by atoms with Crippen molar-refractivity contribution < 1.29 is 4.92 Å². The zero-order valence-corrected chi connectivity index (χ0v) is 10.9. The molecule has 1 aliphatic carbocycles. The smallest absolute Gasteiger partial charge is 0.274 e. The number of nitrogens with zero attached hydrogens (tertiary/aromatic N) is 1. The number of nitrogens with one attached hydrogen (secondary N) is 1. The monoisotopic (exact) mass is 248 g/mol. The van der Waals surface area contributed by atoms with E-state index in [0.29, 0.717) is 6.04 Å². The molecule has 0 aliphatic heterocycles. The van der Waals surface area contributed by atoms with Crippen LogP contribution >= 0.6 is 0 Å². The molecule has 98 valence electrons. The lowest BCUT2D eigenvalue weighted by molar-refractivity contribution is -0.385. The molecular weight excluding hydrogens is 228 g/mol. The Labute approximate surface area is 108 Å². The summed E-state index contributed by atoms with van der Waals surface area (Å²) in [7, 11) is 0. The van der Waals surface area contributed by atoms with Crippen LogP contribution in [0.15, 0.2) is 24.3 Å². The van der Waals surface area contributed by atoms with Crippen molar-refractivity contribution in [1.82, 2.24) is 5.32 Å². The van der Waals surface area contributed by atoms with E-state index in [1.165, 1.54) is 19.3 Å². The molecule has 18 heavy (non-hydrogen) atoms. The van der Waals surface area contributed by atoms with Gasteiger partial charge in [-0.1, -0.05) is 24.6 Å². The highest BCUT2D eigenvalue weighted by molar-refractivity contribution is 5.41. The van der Waals surface area contributed by atoms with Crippen molar-refractivity contribution in [2.45, 2.75) is 45.2 Å². The third-order valence-corrected chi connectivity index (χ3v) is 3.97. The number of rotatable bonds is 5. The maximum atomic E-state index is 11.0. The molecule has 1 saturated carbocycles. The van der Waals surface area contributed by atoms with Crippen LogP contribution in [-0.4, -0.2) is 11.0 Å². The van der Waals surface area contributed by atoms with E-state index in [1.54, 1.807) is 12.1 Å². The van der Waals surface area contributed by atoms with E-state index in [9.17, 15) is 10.1 Å². The van der Waals surface area contributed by atoms with E-state index >= 15 is 0 Å². The van der Waals surface area contributed by atoms with Gasteiger partial charge in [0.15, 0.2) is 0 Å². The van der Waals surface area contributed by atoms with Crippen LogP contribution in [0.5, 0.6) is 0 Å². The third-order valence-electron chi connectivity index (χ3n) is 3.97. The largest absolute Gasteiger partial charge is 0.307 e. The molecule has 0 spiro atoms. The van der Waals surface area contributed by atoms with E-state index < -0.39 is 0 Å². The summed E-state index contributed by atoms with van der Waals surface area (Å²) in [6.07, 6.45) is 3.87. The molecule has 2 atom stereocenters. The first-order chi connectivity index (χ1) is 8.59. The zero-order chi connectivity index (χ0) is 13.1. The summed E-state index contributed by atoms with van der Waals surface area (Å²) in [5.41, 5.74) is 0.979. The topological polar surface area (TPSA) is 55.2 Å². The minimum Gasteiger partial charge on any atom is -0.307 e. The van der Waals surface area contributed by atoms with Gasteiger partial charge in [0.25, 0.3) is 5.69 Å². The van der Waals surface area contributed by atoms with Gasteiger partial charge in [0.05, 0.1) is 4.92 Å². The maximum Gasteiger partial charge on any atom is 0.274 e. The van der Waals surface area contributed by atoms with Crippen LogP contribution in [0.1, 0.15) is 44.7 Å². The summed E-state index contributed by atoms with van der Waals surface area (Å²) < 4.78 is 0. The van der Waals surface area contributed by atoms with Crippen molar-refractivity contribution >= 4 is 5.69 Å². The van der Waals surface area contributed by atoms with Gasteiger partial charge >= 0.3 is 0 Å². The van der Waals surface area contributed by atoms with E-state index in [-0.39, 0.29) is 16.7 Å². The minimum absolute atomic E-state index is 0.0159. The Hall–Kier alpha value is -1.42. The minimum atomic E-state index is -0.304. The van der Waals surface area contributed by atoms with Crippen LogP contribution in [0.3, 0.4) is 0 Å². The number of nitro groups is 1. The van der Waals surface area contributed by atoms with Crippen molar-refractivity contribution in [3.05, 3.63) is 39.9 Å². The molecule has 1 aromatic carbocycles. The van der Waals surface area contributed by atoms with Crippen molar-refractivity contribution in [1.29, 1.82) is 0 Å². The van der Waals surface area contributed by atoms with Gasteiger partial charge in [-0.15, -0.1) is 0 Å². The molecular formula is C14H20N2O2. The van der Waals surface area contributed by atoms with Crippen molar-refractivity contribution in [2.24, 2.45) is 5.92 Å². The van der Waals surface area contributed by atoms with Gasteiger partial charge in [-0.05, 0) is 32.6 Å². The fourth-order valence-corrected chi connectivity index (χ4v) is 2.58. The van der Waals surface area contributed by atoms with Crippen molar-refractivity contribution in [2.75, 3.05) is 0 Å². The van der Waals surface area contributed by atoms with Crippen LogP contribution < -0.4 is 5.32 Å². The number of hydrogen-bond acceptors (Lipinski definition) is 3. The average molecular weight is 248 g/mol. The first-order valence-electron chi connectivity index (χ1n) is 6.59. The summed E-state index contributed by atoms with van der Waals surface area (Å²) in [6.45, 7) is 4.17. The molecule has 0 aromatic heterocycles. The SMILES string of the molecule is CC(NC(C)C1CCC1)c1ccccc1[N+](=O)[O-]. The Morgan fingerprint density at radius 1 is 1.33 bits per heavy atom. The van der Waals surface area contributed by atoms with Crippen LogP contribution in [0.4, 0.5) is 5.69 Å². The zero-order valence-electron chi connectivity index (χ0n) is 10.9. The molecule has 2 unspecified atom stereocenters. The molecule has 4 nitrogen and oxygen atoms in total. The van der Waals surface area contributed by atoms with Gasteiger partial charge in [0, 0.05) is 23.7 Å². The van der Waals surface area contributed by atoms with Crippen LogP contribution in [-0.2, 0) is 0 Å². The second kappa shape index (κ2) is 5.48. The molecule has 0 radical (unpaired) electrons. The average Bonchev–Trinajstić information content (AvgIpc) is 2.26. The molecule has 0 heterocycles. The normalized spacial score (nSPS) is 19.0. The fraction of sp³-hybridized carbons (Fsp3) is 0.571. The van der Waals surface area contributed by atoms with Gasteiger partial charge in [0.2, 0.25) is 0 Å². The molecule has 2 rings (SSSR count). The van der Waals surface area contributed by atoms with E-state index in [0.717, 1.165) is 11.5 Å². The first-order valence-corrected chi connectivity index (χ1v) is 6.59. The molecule has 1 fully saturated rings. The predicted octanol–water partition coefficient (Wildman–Crippen LogP) is 3.43.